The van der Waals surface area contributed by atoms with Gasteiger partial charge in [0.2, 0.25) is 0 Å². The normalized spacial score (nSPS) is 15.3. The highest BCUT2D eigenvalue weighted by atomic mass is 35.5. The predicted octanol–water partition coefficient (Wildman–Crippen LogP) is 8.62. The van der Waals surface area contributed by atoms with E-state index >= 15 is 0 Å². The Labute approximate surface area is 249 Å². The Morgan fingerprint density at radius 2 is 1.90 bits per heavy atom. The second-order valence-corrected chi connectivity index (χ2v) is 14.1. The number of carboxylic acid groups (broad SMARTS) is 1. The third-order valence-corrected chi connectivity index (χ3v) is 10.9. The van der Waals surface area contributed by atoms with Gasteiger partial charge in [-0.2, -0.15) is 11.8 Å². The number of rotatable bonds is 13. The summed E-state index contributed by atoms with van der Waals surface area (Å²) in [7, 11) is 0. The third kappa shape index (κ3) is 7.27. The van der Waals surface area contributed by atoms with E-state index < -0.39 is 11.6 Å². The van der Waals surface area contributed by atoms with Crippen molar-refractivity contribution in [3.63, 3.8) is 0 Å². The molecular formula is C33H36ClNO3S2. The van der Waals surface area contributed by atoms with Gasteiger partial charge in [-0.05, 0) is 92.2 Å². The smallest absolute Gasteiger partial charge is 0.303 e. The van der Waals surface area contributed by atoms with Crippen LogP contribution in [-0.4, -0.2) is 26.9 Å². The fraction of sp³-hybridized carbons (Fsp3) is 0.394. The summed E-state index contributed by atoms with van der Waals surface area (Å²) < 4.78 is 1.11. The lowest BCUT2D eigenvalue weighted by Crippen LogP contribution is -2.18. The number of aryl methyl sites for hydroxylation is 3. The summed E-state index contributed by atoms with van der Waals surface area (Å²) in [5, 5.41) is 23.1. The molecule has 40 heavy (non-hydrogen) atoms. The van der Waals surface area contributed by atoms with Gasteiger partial charge in [0.15, 0.2) is 0 Å². The van der Waals surface area contributed by atoms with Gasteiger partial charge in [0, 0.05) is 22.1 Å². The molecule has 1 aliphatic carbocycles. The van der Waals surface area contributed by atoms with E-state index in [2.05, 4.69) is 42.5 Å². The molecule has 0 spiro atoms. The number of hydrogen-bond acceptors (Lipinski definition) is 5. The first-order chi connectivity index (χ1) is 19.1. The topological polar surface area (TPSA) is 70.4 Å². The van der Waals surface area contributed by atoms with E-state index in [0.717, 1.165) is 71.3 Å². The van der Waals surface area contributed by atoms with Crippen molar-refractivity contribution in [1.82, 2.24) is 4.98 Å². The molecule has 2 aromatic heterocycles. The number of aliphatic hydroxyl groups is 1. The van der Waals surface area contributed by atoms with Gasteiger partial charge in [-0.1, -0.05) is 60.1 Å². The zero-order chi connectivity index (χ0) is 28.3. The van der Waals surface area contributed by atoms with Crippen molar-refractivity contribution in [3.8, 4) is 0 Å². The highest BCUT2D eigenvalue weighted by molar-refractivity contribution is 7.99. The van der Waals surface area contributed by atoms with Crippen LogP contribution in [0, 0.1) is 5.41 Å². The minimum atomic E-state index is -0.900. The van der Waals surface area contributed by atoms with E-state index in [1.807, 2.05) is 49.2 Å². The highest BCUT2D eigenvalue weighted by Crippen LogP contribution is 2.53. The highest BCUT2D eigenvalue weighted by Gasteiger charge is 2.44. The van der Waals surface area contributed by atoms with Gasteiger partial charge in [0.25, 0.3) is 0 Å². The number of nitrogens with zero attached hydrogens (tertiary/aromatic N) is 1. The maximum atomic E-state index is 11.5. The van der Waals surface area contributed by atoms with Crippen molar-refractivity contribution < 1.29 is 15.0 Å². The summed E-state index contributed by atoms with van der Waals surface area (Å²) in [6.45, 7) is 3.67. The van der Waals surface area contributed by atoms with Crippen molar-refractivity contribution in [2.75, 3.05) is 5.75 Å². The molecule has 4 aromatic rings. The van der Waals surface area contributed by atoms with Gasteiger partial charge in [-0.15, -0.1) is 11.3 Å². The number of aliphatic carboxylic acids is 1. The Bertz CT molecular complexity index is 1490. The molecule has 7 heteroatoms. The Balaban J connectivity index is 1.33. The van der Waals surface area contributed by atoms with Crippen LogP contribution in [0.1, 0.15) is 72.7 Å². The number of thioether (sulfide) groups is 1. The van der Waals surface area contributed by atoms with E-state index in [1.54, 1.807) is 11.3 Å². The minimum absolute atomic E-state index is 0.0649. The monoisotopic (exact) mass is 593 g/mol. The second-order valence-electron chi connectivity index (χ2n) is 11.6. The van der Waals surface area contributed by atoms with Crippen LogP contribution in [0.15, 0.2) is 66.0 Å². The first-order valence-electron chi connectivity index (χ1n) is 13.9. The van der Waals surface area contributed by atoms with Crippen molar-refractivity contribution in [2.24, 2.45) is 5.41 Å². The van der Waals surface area contributed by atoms with E-state index in [0.29, 0.717) is 5.02 Å². The van der Waals surface area contributed by atoms with Gasteiger partial charge in [-0.25, -0.2) is 0 Å². The van der Waals surface area contributed by atoms with E-state index in [-0.39, 0.29) is 17.1 Å². The molecule has 1 aliphatic rings. The number of fused-ring (bicyclic) bond motifs is 1. The van der Waals surface area contributed by atoms with E-state index in [1.165, 1.54) is 11.1 Å². The lowest BCUT2D eigenvalue weighted by molar-refractivity contribution is -0.138. The number of carboxylic acids is 1. The average molecular weight is 594 g/mol. The van der Waals surface area contributed by atoms with Crippen LogP contribution in [0.3, 0.4) is 0 Å². The van der Waals surface area contributed by atoms with Gasteiger partial charge in [0.1, 0.15) is 0 Å². The zero-order valence-electron chi connectivity index (χ0n) is 23.0. The number of hydrogen-bond donors (Lipinski definition) is 2. The molecule has 0 radical (unpaired) electrons. The lowest BCUT2D eigenvalue weighted by atomic mass is 9.90. The number of pyridine rings is 1. The van der Waals surface area contributed by atoms with Gasteiger partial charge < -0.3 is 10.2 Å². The molecule has 4 nitrogen and oxygen atoms in total. The predicted molar refractivity (Wildman–Crippen MR) is 168 cm³/mol. The Morgan fingerprint density at radius 3 is 2.65 bits per heavy atom. The minimum Gasteiger partial charge on any atom is -0.481 e. The van der Waals surface area contributed by atoms with Gasteiger partial charge in [0.05, 0.1) is 27.3 Å². The molecular weight excluding hydrogens is 558 g/mol. The Hall–Kier alpha value is -2.38. The van der Waals surface area contributed by atoms with Crippen LogP contribution in [0.5, 0.6) is 0 Å². The zero-order valence-corrected chi connectivity index (χ0v) is 25.4. The first kappa shape index (κ1) is 29.1. The summed E-state index contributed by atoms with van der Waals surface area (Å²) in [6.07, 6.45) is 5.72. The van der Waals surface area contributed by atoms with Gasteiger partial charge >= 0.3 is 5.97 Å². The lowest BCUT2D eigenvalue weighted by Gasteiger charge is -2.24. The largest absolute Gasteiger partial charge is 0.481 e. The summed E-state index contributed by atoms with van der Waals surface area (Å²) in [5.74, 6) is 0.151. The number of aromatic nitrogens is 1. The third-order valence-electron chi connectivity index (χ3n) is 7.85. The number of thiophene rings is 1. The number of carbonyl (C=O) groups is 1. The molecule has 2 heterocycles. The fourth-order valence-electron chi connectivity index (χ4n) is 5.40. The van der Waals surface area contributed by atoms with Crippen molar-refractivity contribution in [2.45, 2.75) is 69.6 Å². The molecule has 0 bridgehead atoms. The number of halogens is 1. The SMILES string of the molecule is CC(C)(O)c1ccccc1CCC(SCC1(CC(=O)O)CC1)c1cccc(CCc2ccc3scc(Cl)c3n2)c1. The standard InChI is InChI=1S/C33H36ClNO3S2/c1-32(2,38)26-9-4-3-7-23(26)11-14-28(40-21-33(16-17-33)19-30(36)37)24-8-5-6-22(18-24)10-12-25-13-15-29-31(35-25)27(34)20-39-29/h3-9,13,15,18,20,28,38H,10-12,14,16-17,19,21H2,1-2H3,(H,36,37). The maximum absolute atomic E-state index is 11.5. The summed E-state index contributed by atoms with van der Waals surface area (Å²) in [6, 6.07) is 21.2. The molecule has 1 unspecified atom stereocenters. The van der Waals surface area contributed by atoms with Crippen molar-refractivity contribution >= 4 is 50.9 Å². The average Bonchev–Trinajstić information content (AvgIpc) is 3.58. The van der Waals surface area contributed by atoms with Gasteiger partial charge in [-0.3, -0.25) is 9.78 Å². The van der Waals surface area contributed by atoms with Crippen molar-refractivity contribution in [1.29, 1.82) is 0 Å². The quantitative estimate of drug-likeness (QED) is 0.162. The Kier molecular flexibility index (Phi) is 8.91. The molecule has 5 rings (SSSR count). The molecule has 1 fully saturated rings. The van der Waals surface area contributed by atoms with E-state index in [4.69, 9.17) is 16.6 Å². The van der Waals surface area contributed by atoms with Crippen LogP contribution >= 0.6 is 34.7 Å². The molecule has 1 saturated carbocycles. The molecule has 0 aliphatic heterocycles. The van der Waals surface area contributed by atoms with Crippen LogP contribution in [-0.2, 0) is 29.7 Å². The number of benzene rings is 2. The fourth-order valence-corrected chi connectivity index (χ4v) is 8.06. The van der Waals surface area contributed by atoms with Crippen LogP contribution in [0.2, 0.25) is 5.02 Å². The molecule has 0 amide bonds. The summed E-state index contributed by atoms with van der Waals surface area (Å²) in [4.78, 5) is 16.3. The molecule has 2 N–H and O–H groups in total. The summed E-state index contributed by atoms with van der Waals surface area (Å²) in [5.41, 5.74) is 5.63. The molecule has 0 saturated heterocycles. The van der Waals surface area contributed by atoms with Crippen LogP contribution in [0.4, 0.5) is 0 Å². The second kappa shape index (κ2) is 12.2. The summed E-state index contributed by atoms with van der Waals surface area (Å²) >= 11 is 9.83. The van der Waals surface area contributed by atoms with Crippen molar-refractivity contribution in [3.05, 3.63) is 99.0 Å². The molecule has 210 valence electrons. The Morgan fingerprint density at radius 1 is 1.10 bits per heavy atom. The maximum Gasteiger partial charge on any atom is 0.303 e. The molecule has 2 aromatic carbocycles. The first-order valence-corrected chi connectivity index (χ1v) is 16.2. The van der Waals surface area contributed by atoms with E-state index in [9.17, 15) is 15.0 Å². The van der Waals surface area contributed by atoms with Crippen LogP contribution in [0.25, 0.3) is 10.2 Å². The molecule has 1 atom stereocenters. The van der Waals surface area contributed by atoms with Crippen LogP contribution < -0.4 is 0 Å².